The van der Waals surface area contributed by atoms with E-state index in [0.717, 1.165) is 50.3 Å². The number of carbonyl (C=O) groups is 1. The minimum atomic E-state index is 0.127. The molecule has 1 N–H and O–H groups in total. The first-order valence-corrected chi connectivity index (χ1v) is 8.59. The SMILES string of the molecule is O=C(c1ccc(-n2cnnn2)cc1)N1CCC2(CCNCC2)CC1. The summed E-state index contributed by atoms with van der Waals surface area (Å²) in [6.45, 7) is 3.97. The zero-order chi connectivity index (χ0) is 16.4. The quantitative estimate of drug-likeness (QED) is 0.899. The number of hydrogen-bond acceptors (Lipinski definition) is 5. The van der Waals surface area contributed by atoms with Crippen LogP contribution in [0.1, 0.15) is 36.0 Å². The summed E-state index contributed by atoms with van der Waals surface area (Å²) in [6.07, 6.45) is 6.29. The fourth-order valence-electron chi connectivity index (χ4n) is 3.86. The normalized spacial score (nSPS) is 20.2. The molecule has 7 nitrogen and oxygen atoms in total. The lowest BCUT2D eigenvalue weighted by Gasteiger charge is -2.44. The van der Waals surface area contributed by atoms with Crippen LogP contribution in [0.2, 0.25) is 0 Å². The molecule has 1 aromatic carbocycles. The smallest absolute Gasteiger partial charge is 0.253 e. The zero-order valence-corrected chi connectivity index (χ0v) is 13.7. The maximum absolute atomic E-state index is 12.7. The van der Waals surface area contributed by atoms with Crippen LogP contribution in [-0.2, 0) is 0 Å². The van der Waals surface area contributed by atoms with Gasteiger partial charge in [-0.2, -0.15) is 0 Å². The second-order valence-corrected chi connectivity index (χ2v) is 6.84. The van der Waals surface area contributed by atoms with Crippen molar-refractivity contribution in [1.29, 1.82) is 0 Å². The molecule has 1 spiro atoms. The van der Waals surface area contributed by atoms with Crippen LogP contribution < -0.4 is 5.32 Å². The summed E-state index contributed by atoms with van der Waals surface area (Å²) in [4.78, 5) is 14.7. The Balaban J connectivity index is 1.41. The summed E-state index contributed by atoms with van der Waals surface area (Å²) in [6, 6.07) is 7.46. The van der Waals surface area contributed by atoms with Gasteiger partial charge in [0.25, 0.3) is 5.91 Å². The van der Waals surface area contributed by atoms with Gasteiger partial charge >= 0.3 is 0 Å². The highest BCUT2D eigenvalue weighted by Crippen LogP contribution is 2.39. The summed E-state index contributed by atoms with van der Waals surface area (Å²) >= 11 is 0. The van der Waals surface area contributed by atoms with Crippen molar-refractivity contribution in [3.8, 4) is 5.69 Å². The largest absolute Gasteiger partial charge is 0.339 e. The van der Waals surface area contributed by atoms with Crippen LogP contribution in [0.3, 0.4) is 0 Å². The maximum atomic E-state index is 12.7. The Kier molecular flexibility index (Phi) is 4.02. The third kappa shape index (κ3) is 2.91. The number of aromatic nitrogens is 4. The van der Waals surface area contributed by atoms with Gasteiger partial charge in [-0.25, -0.2) is 4.68 Å². The number of carbonyl (C=O) groups excluding carboxylic acids is 1. The van der Waals surface area contributed by atoms with Gasteiger partial charge in [-0.15, -0.1) is 5.10 Å². The van der Waals surface area contributed by atoms with E-state index in [9.17, 15) is 4.79 Å². The Labute approximate surface area is 141 Å². The fraction of sp³-hybridized carbons (Fsp3) is 0.529. The molecule has 1 aromatic heterocycles. The van der Waals surface area contributed by atoms with Crippen LogP contribution in [0.15, 0.2) is 30.6 Å². The molecule has 0 aliphatic carbocycles. The van der Waals surface area contributed by atoms with Gasteiger partial charge in [-0.1, -0.05) is 0 Å². The van der Waals surface area contributed by atoms with Gasteiger partial charge < -0.3 is 10.2 Å². The topological polar surface area (TPSA) is 75.9 Å². The number of nitrogens with zero attached hydrogens (tertiary/aromatic N) is 5. The Morgan fingerprint density at radius 1 is 1.04 bits per heavy atom. The first-order chi connectivity index (χ1) is 11.8. The van der Waals surface area contributed by atoms with E-state index in [1.165, 1.54) is 12.8 Å². The molecule has 2 aromatic rings. The Bertz CT molecular complexity index is 680. The lowest BCUT2D eigenvalue weighted by molar-refractivity contribution is 0.0496. The minimum Gasteiger partial charge on any atom is -0.339 e. The number of hydrogen-bond donors (Lipinski definition) is 1. The average Bonchev–Trinajstić information content (AvgIpc) is 3.17. The van der Waals surface area contributed by atoms with Crippen LogP contribution in [0.4, 0.5) is 0 Å². The van der Waals surface area contributed by atoms with Gasteiger partial charge in [0.2, 0.25) is 0 Å². The van der Waals surface area contributed by atoms with Gasteiger partial charge in [0.15, 0.2) is 0 Å². The van der Waals surface area contributed by atoms with Crippen LogP contribution in [-0.4, -0.2) is 57.2 Å². The van der Waals surface area contributed by atoms with Gasteiger partial charge in [0.05, 0.1) is 5.69 Å². The number of likely N-dealkylation sites (tertiary alicyclic amines) is 1. The molecule has 2 fully saturated rings. The molecule has 126 valence electrons. The van der Waals surface area contributed by atoms with Gasteiger partial charge in [0, 0.05) is 18.7 Å². The average molecular weight is 326 g/mol. The molecule has 24 heavy (non-hydrogen) atoms. The Morgan fingerprint density at radius 2 is 1.75 bits per heavy atom. The molecular weight excluding hydrogens is 304 g/mol. The molecule has 3 heterocycles. The number of benzene rings is 1. The van der Waals surface area contributed by atoms with Crippen molar-refractivity contribution in [3.63, 3.8) is 0 Å². The predicted octanol–water partition coefficient (Wildman–Crippen LogP) is 1.27. The van der Waals surface area contributed by atoms with Gasteiger partial charge in [-0.3, -0.25) is 4.79 Å². The zero-order valence-electron chi connectivity index (χ0n) is 13.7. The lowest BCUT2D eigenvalue weighted by Crippen LogP contribution is -2.47. The van der Waals surface area contributed by atoms with Gasteiger partial charge in [0.1, 0.15) is 6.33 Å². The third-order valence-electron chi connectivity index (χ3n) is 5.50. The summed E-state index contributed by atoms with van der Waals surface area (Å²) in [5, 5.41) is 14.5. The standard InChI is InChI=1S/C17H22N6O/c24-16(14-1-3-15(4-2-14)23-13-19-20-21-23)22-11-7-17(8-12-22)5-9-18-10-6-17/h1-4,13,18H,5-12H2. The summed E-state index contributed by atoms with van der Waals surface area (Å²) < 4.78 is 1.58. The highest BCUT2D eigenvalue weighted by molar-refractivity contribution is 5.94. The van der Waals surface area contributed by atoms with E-state index in [4.69, 9.17) is 0 Å². The monoisotopic (exact) mass is 326 g/mol. The highest BCUT2D eigenvalue weighted by Gasteiger charge is 2.36. The summed E-state index contributed by atoms with van der Waals surface area (Å²) in [7, 11) is 0. The van der Waals surface area contributed by atoms with Crippen molar-refractivity contribution in [1.82, 2.24) is 30.4 Å². The second-order valence-electron chi connectivity index (χ2n) is 6.84. The molecule has 0 bridgehead atoms. The van der Waals surface area contributed by atoms with E-state index in [0.29, 0.717) is 5.41 Å². The Morgan fingerprint density at radius 3 is 2.38 bits per heavy atom. The number of rotatable bonds is 2. The third-order valence-corrected chi connectivity index (χ3v) is 5.50. The fourth-order valence-corrected chi connectivity index (χ4v) is 3.86. The maximum Gasteiger partial charge on any atom is 0.253 e. The van der Waals surface area contributed by atoms with Gasteiger partial charge in [-0.05, 0) is 78.9 Å². The molecule has 0 saturated carbocycles. The number of amides is 1. The predicted molar refractivity (Wildman–Crippen MR) is 88.8 cm³/mol. The molecule has 4 rings (SSSR count). The minimum absolute atomic E-state index is 0.127. The van der Waals surface area contributed by atoms with Crippen LogP contribution >= 0.6 is 0 Å². The Hall–Kier alpha value is -2.28. The first-order valence-electron chi connectivity index (χ1n) is 8.59. The number of nitrogens with one attached hydrogen (secondary N) is 1. The van der Waals surface area contributed by atoms with Crippen LogP contribution in [0.25, 0.3) is 5.69 Å². The van der Waals surface area contributed by atoms with Crippen molar-refractivity contribution in [2.45, 2.75) is 25.7 Å². The molecule has 0 radical (unpaired) electrons. The van der Waals surface area contributed by atoms with Crippen LogP contribution in [0, 0.1) is 5.41 Å². The van der Waals surface area contributed by atoms with E-state index >= 15 is 0 Å². The van der Waals surface area contributed by atoms with Crippen molar-refractivity contribution >= 4 is 5.91 Å². The van der Waals surface area contributed by atoms with Crippen LogP contribution in [0.5, 0.6) is 0 Å². The number of piperidine rings is 2. The number of tetrazole rings is 1. The van der Waals surface area contributed by atoms with Crippen molar-refractivity contribution < 1.29 is 4.79 Å². The summed E-state index contributed by atoms with van der Waals surface area (Å²) in [5.74, 6) is 0.127. The molecule has 2 aliphatic heterocycles. The highest BCUT2D eigenvalue weighted by atomic mass is 16.2. The molecule has 7 heteroatoms. The van der Waals surface area contributed by atoms with E-state index < -0.39 is 0 Å². The van der Waals surface area contributed by atoms with Crippen molar-refractivity contribution in [3.05, 3.63) is 36.2 Å². The summed E-state index contributed by atoms with van der Waals surface area (Å²) in [5.41, 5.74) is 2.04. The molecule has 1 amide bonds. The second kappa shape index (κ2) is 6.32. The molecular formula is C17H22N6O. The molecule has 0 unspecified atom stereocenters. The molecule has 0 atom stereocenters. The lowest BCUT2D eigenvalue weighted by atomic mass is 9.71. The molecule has 2 aliphatic rings. The molecule has 2 saturated heterocycles. The van der Waals surface area contributed by atoms with E-state index in [1.807, 2.05) is 29.2 Å². The first kappa shape index (κ1) is 15.3. The van der Waals surface area contributed by atoms with Crippen molar-refractivity contribution in [2.75, 3.05) is 26.2 Å². The van der Waals surface area contributed by atoms with E-state index in [-0.39, 0.29) is 5.91 Å². The van der Waals surface area contributed by atoms with E-state index in [1.54, 1.807) is 11.0 Å². The van der Waals surface area contributed by atoms with Crippen molar-refractivity contribution in [2.24, 2.45) is 5.41 Å². The van der Waals surface area contributed by atoms with E-state index in [2.05, 4.69) is 20.8 Å².